The minimum Gasteiger partial charge on any atom is -0.478 e. The first-order valence-electron chi connectivity index (χ1n) is 8.96. The summed E-state index contributed by atoms with van der Waals surface area (Å²) in [6.45, 7) is 1.90. The van der Waals surface area contributed by atoms with Crippen molar-refractivity contribution in [1.29, 1.82) is 0 Å². The first-order valence-corrected chi connectivity index (χ1v) is 10.4. The van der Waals surface area contributed by atoms with Gasteiger partial charge in [0.2, 0.25) is 9.84 Å². The van der Waals surface area contributed by atoms with Crippen LogP contribution in [0.2, 0.25) is 0 Å². The van der Waals surface area contributed by atoms with Crippen LogP contribution in [0.5, 0.6) is 11.5 Å². The fraction of sp³-hybridized carbons (Fsp3) is 0.136. The summed E-state index contributed by atoms with van der Waals surface area (Å²) in [7, 11) is -3.66. The van der Waals surface area contributed by atoms with Gasteiger partial charge in [-0.3, -0.25) is 0 Å². The Labute approximate surface area is 169 Å². The van der Waals surface area contributed by atoms with Crippen molar-refractivity contribution in [3.8, 4) is 11.5 Å². The van der Waals surface area contributed by atoms with E-state index < -0.39 is 15.8 Å². The van der Waals surface area contributed by atoms with Crippen LogP contribution in [0.3, 0.4) is 0 Å². The highest BCUT2D eigenvalue weighted by Crippen LogP contribution is 2.26. The molecule has 7 heteroatoms. The molecule has 0 bridgehead atoms. The van der Waals surface area contributed by atoms with Gasteiger partial charge in [0.25, 0.3) is 0 Å². The predicted octanol–water partition coefficient (Wildman–Crippen LogP) is 3.90. The Kier molecular flexibility index (Phi) is 6.00. The maximum absolute atomic E-state index is 12.8. The SMILES string of the molecule is C[C@@H](N)Cc1ccc(S(=O)(=O)c2ccc(Oc3cccc(C(=O)O)c3)cc2)cc1. The molecule has 0 saturated carbocycles. The number of sulfone groups is 1. The topological polar surface area (TPSA) is 107 Å². The monoisotopic (exact) mass is 411 g/mol. The Morgan fingerprint density at radius 3 is 2.10 bits per heavy atom. The van der Waals surface area contributed by atoms with Crippen molar-refractivity contribution in [2.24, 2.45) is 5.73 Å². The van der Waals surface area contributed by atoms with Crippen molar-refractivity contribution < 1.29 is 23.1 Å². The molecule has 0 amide bonds. The second kappa shape index (κ2) is 8.46. The van der Waals surface area contributed by atoms with E-state index >= 15 is 0 Å². The number of hydrogen-bond donors (Lipinski definition) is 2. The minimum absolute atomic E-state index is 0.00111. The maximum atomic E-state index is 12.8. The zero-order chi connectivity index (χ0) is 21.0. The van der Waals surface area contributed by atoms with Crippen LogP contribution in [0.25, 0.3) is 0 Å². The highest BCUT2D eigenvalue weighted by Gasteiger charge is 2.18. The standard InChI is InChI=1S/C22H21NO5S/c1-15(23)13-16-5-9-20(10-6-16)29(26,27)21-11-7-18(8-12-21)28-19-4-2-3-17(14-19)22(24)25/h2-12,14-15H,13,23H2,1H3,(H,24,25)/t15-/m1/s1. The molecule has 0 aliphatic rings. The number of carbonyl (C=O) groups is 1. The molecule has 0 unspecified atom stereocenters. The number of nitrogens with two attached hydrogens (primary N) is 1. The summed E-state index contributed by atoms with van der Waals surface area (Å²) in [6.07, 6.45) is 0.676. The smallest absolute Gasteiger partial charge is 0.335 e. The van der Waals surface area contributed by atoms with E-state index in [0.29, 0.717) is 17.9 Å². The highest BCUT2D eigenvalue weighted by atomic mass is 32.2. The van der Waals surface area contributed by atoms with Crippen LogP contribution in [0.1, 0.15) is 22.8 Å². The molecule has 0 aliphatic heterocycles. The predicted molar refractivity (Wildman–Crippen MR) is 109 cm³/mol. The van der Waals surface area contributed by atoms with E-state index in [2.05, 4.69) is 0 Å². The number of benzene rings is 3. The van der Waals surface area contributed by atoms with Crippen LogP contribution in [-0.2, 0) is 16.3 Å². The first kappa shape index (κ1) is 20.6. The molecule has 3 aromatic rings. The van der Waals surface area contributed by atoms with Crippen LogP contribution in [0.4, 0.5) is 0 Å². The third-order valence-corrected chi connectivity index (χ3v) is 6.03. The van der Waals surface area contributed by atoms with Gasteiger partial charge in [-0.05, 0) is 73.5 Å². The summed E-state index contributed by atoms with van der Waals surface area (Å²) in [5.41, 5.74) is 6.86. The lowest BCUT2D eigenvalue weighted by Gasteiger charge is -2.09. The normalized spacial score (nSPS) is 12.3. The van der Waals surface area contributed by atoms with Gasteiger partial charge in [-0.2, -0.15) is 0 Å². The number of aromatic carboxylic acids is 1. The summed E-state index contributed by atoms with van der Waals surface area (Å²) < 4.78 is 31.3. The van der Waals surface area contributed by atoms with Crippen molar-refractivity contribution in [3.05, 3.63) is 83.9 Å². The van der Waals surface area contributed by atoms with Crippen LogP contribution < -0.4 is 10.5 Å². The maximum Gasteiger partial charge on any atom is 0.335 e. The van der Waals surface area contributed by atoms with E-state index in [4.69, 9.17) is 15.6 Å². The molecule has 3 N–H and O–H groups in total. The van der Waals surface area contributed by atoms with Gasteiger partial charge in [0.05, 0.1) is 15.4 Å². The molecule has 0 heterocycles. The van der Waals surface area contributed by atoms with Gasteiger partial charge in [-0.25, -0.2) is 13.2 Å². The Bertz CT molecular complexity index is 1100. The number of carboxylic acids is 1. The third kappa shape index (κ3) is 5.01. The number of hydrogen-bond acceptors (Lipinski definition) is 5. The van der Waals surface area contributed by atoms with Gasteiger partial charge in [0, 0.05) is 6.04 Å². The van der Waals surface area contributed by atoms with Crippen LogP contribution in [0, 0.1) is 0 Å². The van der Waals surface area contributed by atoms with Crippen molar-refractivity contribution in [3.63, 3.8) is 0 Å². The second-order valence-corrected chi connectivity index (χ2v) is 8.68. The Hall–Kier alpha value is -3.16. The molecule has 6 nitrogen and oxygen atoms in total. The largest absolute Gasteiger partial charge is 0.478 e. The molecule has 150 valence electrons. The zero-order valence-electron chi connectivity index (χ0n) is 15.8. The third-order valence-electron chi connectivity index (χ3n) is 4.24. The molecule has 0 spiro atoms. The van der Waals surface area contributed by atoms with Crippen LogP contribution >= 0.6 is 0 Å². The van der Waals surface area contributed by atoms with E-state index in [9.17, 15) is 13.2 Å². The van der Waals surface area contributed by atoms with Crippen molar-refractivity contribution in [2.75, 3.05) is 0 Å². The minimum atomic E-state index is -3.66. The van der Waals surface area contributed by atoms with Gasteiger partial charge >= 0.3 is 5.97 Å². The number of ether oxygens (including phenoxy) is 1. The van der Waals surface area contributed by atoms with Gasteiger partial charge < -0.3 is 15.6 Å². The molecular weight excluding hydrogens is 390 g/mol. The Morgan fingerprint density at radius 1 is 0.966 bits per heavy atom. The van der Waals surface area contributed by atoms with E-state index in [-0.39, 0.29) is 21.4 Å². The van der Waals surface area contributed by atoms with Crippen molar-refractivity contribution in [2.45, 2.75) is 29.2 Å². The average molecular weight is 411 g/mol. The van der Waals surface area contributed by atoms with E-state index in [1.54, 1.807) is 36.4 Å². The van der Waals surface area contributed by atoms with Crippen LogP contribution in [-0.4, -0.2) is 25.5 Å². The van der Waals surface area contributed by atoms with E-state index in [1.807, 2.05) is 6.92 Å². The summed E-state index contributed by atoms with van der Waals surface area (Å²) in [4.78, 5) is 11.4. The van der Waals surface area contributed by atoms with Gasteiger partial charge in [0.15, 0.2) is 0 Å². The average Bonchev–Trinajstić information content (AvgIpc) is 2.68. The quantitative estimate of drug-likeness (QED) is 0.611. The lowest BCUT2D eigenvalue weighted by Crippen LogP contribution is -2.17. The molecule has 3 rings (SSSR count). The lowest BCUT2D eigenvalue weighted by molar-refractivity contribution is 0.0696. The summed E-state index contributed by atoms with van der Waals surface area (Å²) in [5.74, 6) is -0.298. The van der Waals surface area contributed by atoms with Gasteiger partial charge in [-0.15, -0.1) is 0 Å². The summed E-state index contributed by atoms with van der Waals surface area (Å²) in [6, 6.07) is 18.7. The van der Waals surface area contributed by atoms with Crippen molar-refractivity contribution in [1.82, 2.24) is 0 Å². The fourth-order valence-corrected chi connectivity index (χ4v) is 4.09. The molecule has 0 aliphatic carbocycles. The fourth-order valence-electron chi connectivity index (χ4n) is 2.83. The molecule has 0 radical (unpaired) electrons. The molecule has 0 aromatic heterocycles. The zero-order valence-corrected chi connectivity index (χ0v) is 16.6. The molecule has 0 saturated heterocycles. The van der Waals surface area contributed by atoms with E-state index in [0.717, 1.165) is 5.56 Å². The van der Waals surface area contributed by atoms with Gasteiger partial charge in [-0.1, -0.05) is 18.2 Å². The van der Waals surface area contributed by atoms with Crippen molar-refractivity contribution >= 4 is 15.8 Å². The number of carboxylic acid groups (broad SMARTS) is 1. The van der Waals surface area contributed by atoms with E-state index in [1.165, 1.54) is 36.4 Å². The molecule has 3 aromatic carbocycles. The van der Waals surface area contributed by atoms with Crippen LogP contribution in [0.15, 0.2) is 82.6 Å². The van der Waals surface area contributed by atoms with Gasteiger partial charge in [0.1, 0.15) is 11.5 Å². The number of rotatable bonds is 7. The first-order chi connectivity index (χ1) is 13.8. The highest BCUT2D eigenvalue weighted by molar-refractivity contribution is 7.91. The molecule has 0 fully saturated rings. The Morgan fingerprint density at radius 2 is 1.55 bits per heavy atom. The molecular formula is C22H21NO5S. The molecule has 1 atom stereocenters. The second-order valence-electron chi connectivity index (χ2n) is 6.74. The summed E-state index contributed by atoms with van der Waals surface area (Å²) >= 11 is 0. The lowest BCUT2D eigenvalue weighted by atomic mass is 10.1. The summed E-state index contributed by atoms with van der Waals surface area (Å²) in [5, 5.41) is 9.04. The molecule has 29 heavy (non-hydrogen) atoms. The Balaban J connectivity index is 1.78.